The van der Waals surface area contributed by atoms with Crippen LogP contribution >= 0.6 is 0 Å². The van der Waals surface area contributed by atoms with Crippen LogP contribution < -0.4 is 9.47 Å². The summed E-state index contributed by atoms with van der Waals surface area (Å²) in [4.78, 5) is 12.3. The van der Waals surface area contributed by atoms with Crippen LogP contribution in [0.1, 0.15) is 27.0 Å². The van der Waals surface area contributed by atoms with E-state index in [-0.39, 0.29) is 5.97 Å². The fraction of sp³-hybridized carbons (Fsp3) is 0.174. The highest BCUT2D eigenvalue weighted by atomic mass is 16.5. The quantitative estimate of drug-likeness (QED) is 0.458. The van der Waals surface area contributed by atoms with E-state index in [4.69, 9.17) is 9.47 Å². The van der Waals surface area contributed by atoms with Gasteiger partial charge in [-0.1, -0.05) is 48.0 Å². The zero-order chi connectivity index (χ0) is 18.4. The highest BCUT2D eigenvalue weighted by Crippen LogP contribution is 2.21. The van der Waals surface area contributed by atoms with E-state index in [0.29, 0.717) is 17.9 Å². The van der Waals surface area contributed by atoms with Crippen LogP contribution in [0.5, 0.6) is 11.5 Å². The number of benzene rings is 3. The average molecular weight is 346 g/mol. The SMILES string of the molecule is Cc1ccc(OC(=O)c2ccc(OCCc3ccccc3)cc2)c(C)c1. The molecule has 0 unspecified atom stereocenters. The van der Waals surface area contributed by atoms with E-state index in [2.05, 4.69) is 12.1 Å². The Labute approximate surface area is 154 Å². The predicted octanol–water partition coefficient (Wildman–Crippen LogP) is 5.14. The summed E-state index contributed by atoms with van der Waals surface area (Å²) in [6.07, 6.45) is 0.845. The van der Waals surface area contributed by atoms with Crippen molar-refractivity contribution in [3.63, 3.8) is 0 Å². The molecule has 0 bridgehead atoms. The summed E-state index contributed by atoms with van der Waals surface area (Å²) >= 11 is 0. The maximum atomic E-state index is 12.3. The third-order valence-corrected chi connectivity index (χ3v) is 4.13. The van der Waals surface area contributed by atoms with Gasteiger partial charge in [-0.25, -0.2) is 4.79 Å². The van der Waals surface area contributed by atoms with Gasteiger partial charge in [0, 0.05) is 6.42 Å². The van der Waals surface area contributed by atoms with E-state index in [1.807, 2.05) is 50.2 Å². The number of hydrogen-bond donors (Lipinski definition) is 0. The van der Waals surface area contributed by atoms with Gasteiger partial charge in [-0.2, -0.15) is 0 Å². The molecular weight excluding hydrogens is 324 g/mol. The van der Waals surface area contributed by atoms with Crippen molar-refractivity contribution in [1.29, 1.82) is 0 Å². The van der Waals surface area contributed by atoms with Crippen LogP contribution in [0.4, 0.5) is 0 Å². The summed E-state index contributed by atoms with van der Waals surface area (Å²) in [7, 11) is 0. The third kappa shape index (κ3) is 4.73. The van der Waals surface area contributed by atoms with Crippen LogP contribution in [0, 0.1) is 13.8 Å². The lowest BCUT2D eigenvalue weighted by molar-refractivity contribution is 0.0733. The first-order chi connectivity index (χ1) is 12.6. The second kappa shape index (κ2) is 8.34. The lowest BCUT2D eigenvalue weighted by atomic mass is 10.1. The Hall–Kier alpha value is -3.07. The van der Waals surface area contributed by atoms with E-state index in [1.165, 1.54) is 5.56 Å². The van der Waals surface area contributed by atoms with Crippen LogP contribution in [0.3, 0.4) is 0 Å². The monoisotopic (exact) mass is 346 g/mol. The standard InChI is InChI=1S/C23H22O3/c1-17-8-13-22(18(2)16-17)26-23(24)20-9-11-21(12-10-20)25-15-14-19-6-4-3-5-7-19/h3-13,16H,14-15H2,1-2H3. The number of carbonyl (C=O) groups is 1. The molecule has 26 heavy (non-hydrogen) atoms. The zero-order valence-corrected chi connectivity index (χ0v) is 15.1. The molecule has 3 aromatic carbocycles. The van der Waals surface area contributed by atoms with Crippen molar-refractivity contribution in [3.8, 4) is 11.5 Å². The lowest BCUT2D eigenvalue weighted by Gasteiger charge is -2.09. The Bertz CT molecular complexity index is 868. The van der Waals surface area contributed by atoms with Gasteiger partial charge in [-0.3, -0.25) is 0 Å². The maximum Gasteiger partial charge on any atom is 0.343 e. The fourth-order valence-electron chi connectivity index (χ4n) is 2.69. The highest BCUT2D eigenvalue weighted by Gasteiger charge is 2.10. The molecule has 3 nitrogen and oxygen atoms in total. The van der Waals surface area contributed by atoms with Gasteiger partial charge in [0.1, 0.15) is 11.5 Å². The maximum absolute atomic E-state index is 12.3. The van der Waals surface area contributed by atoms with Crippen molar-refractivity contribution in [2.75, 3.05) is 6.61 Å². The molecule has 3 heteroatoms. The molecule has 0 spiro atoms. The number of rotatable bonds is 6. The van der Waals surface area contributed by atoms with Gasteiger partial charge in [0.2, 0.25) is 0 Å². The second-order valence-corrected chi connectivity index (χ2v) is 6.27. The van der Waals surface area contributed by atoms with E-state index in [1.54, 1.807) is 24.3 Å². The van der Waals surface area contributed by atoms with Gasteiger partial charge in [-0.15, -0.1) is 0 Å². The van der Waals surface area contributed by atoms with Crippen LogP contribution in [-0.2, 0) is 6.42 Å². The largest absolute Gasteiger partial charge is 0.493 e. The minimum atomic E-state index is -0.368. The lowest BCUT2D eigenvalue weighted by Crippen LogP contribution is -2.09. The molecule has 0 aliphatic carbocycles. The van der Waals surface area contributed by atoms with Crippen molar-refractivity contribution in [3.05, 3.63) is 95.1 Å². The van der Waals surface area contributed by atoms with Crippen molar-refractivity contribution in [2.24, 2.45) is 0 Å². The molecule has 0 amide bonds. The summed E-state index contributed by atoms with van der Waals surface area (Å²) in [6.45, 7) is 4.53. The molecule has 0 fully saturated rings. The Morgan fingerprint density at radius 2 is 1.62 bits per heavy atom. The van der Waals surface area contributed by atoms with Crippen molar-refractivity contribution >= 4 is 5.97 Å². The molecule has 0 saturated carbocycles. The molecule has 0 saturated heterocycles. The molecule has 132 valence electrons. The second-order valence-electron chi connectivity index (χ2n) is 6.27. The number of carbonyl (C=O) groups excluding carboxylic acids is 1. The van der Waals surface area contributed by atoms with Crippen molar-refractivity contribution in [1.82, 2.24) is 0 Å². The molecule has 0 aliphatic rings. The normalized spacial score (nSPS) is 10.4. The molecule has 0 radical (unpaired) electrons. The molecule has 0 atom stereocenters. The smallest absolute Gasteiger partial charge is 0.343 e. The van der Waals surface area contributed by atoms with E-state index < -0.39 is 0 Å². The van der Waals surface area contributed by atoms with Gasteiger partial charge in [0.15, 0.2) is 0 Å². The predicted molar refractivity (Wildman–Crippen MR) is 103 cm³/mol. The number of ether oxygens (including phenoxy) is 2. The van der Waals surface area contributed by atoms with Gasteiger partial charge < -0.3 is 9.47 Å². The zero-order valence-electron chi connectivity index (χ0n) is 15.1. The molecule has 0 aliphatic heterocycles. The number of esters is 1. The fourth-order valence-corrected chi connectivity index (χ4v) is 2.69. The topological polar surface area (TPSA) is 35.5 Å². The van der Waals surface area contributed by atoms with Crippen LogP contribution in [0.15, 0.2) is 72.8 Å². The number of aryl methyl sites for hydroxylation is 2. The third-order valence-electron chi connectivity index (χ3n) is 4.13. The van der Waals surface area contributed by atoms with Crippen LogP contribution in [-0.4, -0.2) is 12.6 Å². The van der Waals surface area contributed by atoms with E-state index in [9.17, 15) is 4.79 Å². The molecule has 0 aromatic heterocycles. The average Bonchev–Trinajstić information content (AvgIpc) is 2.65. The highest BCUT2D eigenvalue weighted by molar-refractivity contribution is 5.91. The van der Waals surface area contributed by atoms with Crippen molar-refractivity contribution in [2.45, 2.75) is 20.3 Å². The van der Waals surface area contributed by atoms with Gasteiger partial charge in [0.05, 0.1) is 12.2 Å². The van der Waals surface area contributed by atoms with Gasteiger partial charge in [0.25, 0.3) is 0 Å². The summed E-state index contributed by atoms with van der Waals surface area (Å²) in [6, 6.07) is 23.0. The van der Waals surface area contributed by atoms with E-state index in [0.717, 1.165) is 23.3 Å². The Balaban J connectivity index is 1.55. The van der Waals surface area contributed by atoms with Crippen LogP contribution in [0.2, 0.25) is 0 Å². The molecule has 3 aromatic rings. The molecular formula is C23H22O3. The Morgan fingerprint density at radius 1 is 0.885 bits per heavy atom. The summed E-state index contributed by atoms with van der Waals surface area (Å²) in [5.41, 5.74) is 3.82. The summed E-state index contributed by atoms with van der Waals surface area (Å²) in [5.74, 6) is 0.959. The van der Waals surface area contributed by atoms with Crippen molar-refractivity contribution < 1.29 is 14.3 Å². The first kappa shape index (κ1) is 17.7. The molecule has 3 rings (SSSR count). The molecule has 0 N–H and O–H groups in total. The number of hydrogen-bond acceptors (Lipinski definition) is 3. The summed E-state index contributed by atoms with van der Waals surface area (Å²) in [5, 5.41) is 0. The first-order valence-electron chi connectivity index (χ1n) is 8.68. The molecule has 0 heterocycles. The summed E-state index contributed by atoms with van der Waals surface area (Å²) < 4.78 is 11.2. The van der Waals surface area contributed by atoms with E-state index >= 15 is 0 Å². The van der Waals surface area contributed by atoms with Crippen LogP contribution in [0.25, 0.3) is 0 Å². The Kier molecular flexibility index (Phi) is 5.69. The minimum Gasteiger partial charge on any atom is -0.493 e. The Morgan fingerprint density at radius 3 is 2.31 bits per heavy atom. The van der Waals surface area contributed by atoms with Gasteiger partial charge in [-0.05, 0) is 55.3 Å². The first-order valence-corrected chi connectivity index (χ1v) is 8.68. The van der Waals surface area contributed by atoms with Gasteiger partial charge >= 0.3 is 5.97 Å². The minimum absolute atomic E-state index is 0.368.